The van der Waals surface area contributed by atoms with Crippen LogP contribution in [0, 0.1) is 0 Å². The van der Waals surface area contributed by atoms with Crippen LogP contribution < -0.4 is 5.32 Å². The highest BCUT2D eigenvalue weighted by Crippen LogP contribution is 2.21. The third kappa shape index (κ3) is 4.10. The number of sulfone groups is 1. The summed E-state index contributed by atoms with van der Waals surface area (Å²) in [4.78, 5) is 16.5. The fraction of sp³-hybridized carbons (Fsp3) is 0.0526. The molecule has 0 saturated heterocycles. The molecule has 6 heteroatoms. The van der Waals surface area contributed by atoms with Crippen LogP contribution in [0.4, 0.5) is 5.69 Å². The number of hydrogen-bond acceptors (Lipinski definition) is 4. The molecule has 0 aliphatic heterocycles. The highest BCUT2D eigenvalue weighted by molar-refractivity contribution is 7.90. The topological polar surface area (TPSA) is 76.1 Å². The van der Waals surface area contributed by atoms with E-state index in [0.29, 0.717) is 11.3 Å². The second kappa shape index (κ2) is 7.27. The Morgan fingerprint density at radius 3 is 2.36 bits per heavy atom. The Kier molecular flexibility index (Phi) is 4.90. The molecule has 1 aromatic heterocycles. The maximum atomic E-state index is 12.8. The molecule has 0 aliphatic carbocycles. The van der Waals surface area contributed by atoms with E-state index in [1.54, 1.807) is 54.7 Å². The molecule has 0 unspecified atom stereocenters. The lowest BCUT2D eigenvalue weighted by Crippen LogP contribution is -2.17. The number of aromatic nitrogens is 1. The summed E-state index contributed by atoms with van der Waals surface area (Å²) in [6.07, 6.45) is 3.09. The number of carbonyl (C=O) groups excluding carboxylic acids is 1. The first kappa shape index (κ1) is 16.9. The van der Waals surface area contributed by atoms with Gasteiger partial charge in [0.15, 0.2) is 9.84 Å². The second-order valence-corrected chi connectivity index (χ2v) is 7.39. The molecule has 0 saturated carbocycles. The molecule has 1 amide bonds. The van der Waals surface area contributed by atoms with E-state index in [0.717, 1.165) is 0 Å². The molecule has 2 aromatic carbocycles. The summed E-state index contributed by atoms with van der Waals surface area (Å²) in [7, 11) is -3.66. The van der Waals surface area contributed by atoms with Crippen LogP contribution >= 0.6 is 0 Å². The molecule has 0 bridgehead atoms. The van der Waals surface area contributed by atoms with E-state index in [4.69, 9.17) is 0 Å². The molecule has 126 valence electrons. The van der Waals surface area contributed by atoms with Crippen molar-refractivity contribution in [1.82, 2.24) is 4.98 Å². The first-order chi connectivity index (χ1) is 12.1. The smallest absolute Gasteiger partial charge is 0.257 e. The number of pyridine rings is 1. The van der Waals surface area contributed by atoms with Crippen molar-refractivity contribution in [3.05, 3.63) is 90.3 Å². The standard InChI is InChI=1S/C19H16N2O3S/c22-19(21-16-9-6-12-20-13-16)17-10-4-5-11-18(17)25(23,24)14-15-7-2-1-3-8-15/h1-13H,14H2,(H,21,22). The van der Waals surface area contributed by atoms with Crippen molar-refractivity contribution in [1.29, 1.82) is 0 Å². The molecule has 1 heterocycles. The molecule has 0 spiro atoms. The maximum Gasteiger partial charge on any atom is 0.257 e. The summed E-state index contributed by atoms with van der Waals surface area (Å²) in [5, 5.41) is 2.67. The zero-order valence-corrected chi connectivity index (χ0v) is 14.1. The number of amides is 1. The lowest BCUT2D eigenvalue weighted by molar-refractivity contribution is 0.102. The fourth-order valence-corrected chi connectivity index (χ4v) is 4.00. The van der Waals surface area contributed by atoms with Gasteiger partial charge < -0.3 is 5.32 Å². The lowest BCUT2D eigenvalue weighted by atomic mass is 10.2. The van der Waals surface area contributed by atoms with Crippen molar-refractivity contribution in [2.45, 2.75) is 10.6 Å². The number of benzene rings is 2. The highest BCUT2D eigenvalue weighted by atomic mass is 32.2. The predicted octanol–water partition coefficient (Wildman–Crippen LogP) is 3.31. The Bertz CT molecular complexity index is 972. The first-order valence-electron chi connectivity index (χ1n) is 7.63. The van der Waals surface area contributed by atoms with E-state index in [1.165, 1.54) is 18.3 Å². The number of nitrogens with zero attached hydrogens (tertiary/aromatic N) is 1. The molecule has 0 atom stereocenters. The minimum atomic E-state index is -3.66. The average Bonchev–Trinajstić information content (AvgIpc) is 2.63. The van der Waals surface area contributed by atoms with Crippen LogP contribution in [0.5, 0.6) is 0 Å². The normalized spacial score (nSPS) is 11.0. The second-order valence-electron chi connectivity index (χ2n) is 5.44. The SMILES string of the molecule is O=C(Nc1cccnc1)c1ccccc1S(=O)(=O)Cc1ccccc1. The quantitative estimate of drug-likeness (QED) is 0.764. The van der Waals surface area contributed by atoms with Crippen molar-refractivity contribution < 1.29 is 13.2 Å². The van der Waals surface area contributed by atoms with Gasteiger partial charge in [-0.25, -0.2) is 8.42 Å². The Morgan fingerprint density at radius 2 is 1.64 bits per heavy atom. The summed E-state index contributed by atoms with van der Waals surface area (Å²) < 4.78 is 25.6. The summed E-state index contributed by atoms with van der Waals surface area (Å²) in [5.41, 5.74) is 1.29. The Hall–Kier alpha value is -2.99. The Morgan fingerprint density at radius 1 is 0.920 bits per heavy atom. The van der Waals surface area contributed by atoms with Crippen molar-refractivity contribution in [3.8, 4) is 0 Å². The van der Waals surface area contributed by atoms with Crippen LogP contribution in [0.15, 0.2) is 84.0 Å². The largest absolute Gasteiger partial charge is 0.321 e. The molecule has 0 fully saturated rings. The molecule has 3 aromatic rings. The predicted molar refractivity (Wildman–Crippen MR) is 96.0 cm³/mol. The van der Waals surface area contributed by atoms with Gasteiger partial charge in [0.2, 0.25) is 0 Å². The van der Waals surface area contributed by atoms with Crippen LogP contribution in [0.25, 0.3) is 0 Å². The van der Waals surface area contributed by atoms with E-state index in [1.807, 2.05) is 6.07 Å². The number of anilines is 1. The van der Waals surface area contributed by atoms with Gasteiger partial charge in [-0.05, 0) is 29.8 Å². The number of rotatable bonds is 5. The third-order valence-electron chi connectivity index (χ3n) is 3.59. The number of carbonyl (C=O) groups is 1. The molecule has 5 nitrogen and oxygen atoms in total. The number of hydrogen-bond donors (Lipinski definition) is 1. The summed E-state index contributed by atoms with van der Waals surface area (Å²) in [6, 6.07) is 18.5. The van der Waals surface area contributed by atoms with Gasteiger partial charge in [-0.3, -0.25) is 9.78 Å². The molecule has 25 heavy (non-hydrogen) atoms. The van der Waals surface area contributed by atoms with Gasteiger partial charge in [-0.2, -0.15) is 0 Å². The summed E-state index contributed by atoms with van der Waals surface area (Å²) in [6.45, 7) is 0. The van der Waals surface area contributed by atoms with Crippen LogP contribution in [0.2, 0.25) is 0 Å². The van der Waals surface area contributed by atoms with E-state index in [-0.39, 0.29) is 16.2 Å². The zero-order valence-electron chi connectivity index (χ0n) is 13.3. The van der Waals surface area contributed by atoms with Crippen LogP contribution in [0.1, 0.15) is 15.9 Å². The van der Waals surface area contributed by atoms with Crippen molar-refractivity contribution in [2.24, 2.45) is 0 Å². The molecule has 0 radical (unpaired) electrons. The number of nitrogens with one attached hydrogen (secondary N) is 1. The monoisotopic (exact) mass is 352 g/mol. The van der Waals surface area contributed by atoms with Crippen molar-refractivity contribution in [2.75, 3.05) is 5.32 Å². The summed E-state index contributed by atoms with van der Waals surface area (Å²) >= 11 is 0. The van der Waals surface area contributed by atoms with Crippen molar-refractivity contribution >= 4 is 21.4 Å². The van der Waals surface area contributed by atoms with Crippen LogP contribution in [0.3, 0.4) is 0 Å². The summed E-state index contributed by atoms with van der Waals surface area (Å²) in [5.74, 6) is -0.648. The van der Waals surface area contributed by atoms with Gasteiger partial charge in [-0.1, -0.05) is 42.5 Å². The molecule has 1 N–H and O–H groups in total. The van der Waals surface area contributed by atoms with Gasteiger partial charge in [0.05, 0.1) is 28.1 Å². The van der Waals surface area contributed by atoms with Crippen LogP contribution in [-0.4, -0.2) is 19.3 Å². The Labute approximate surface area is 146 Å². The van der Waals surface area contributed by atoms with Gasteiger partial charge in [0, 0.05) is 6.20 Å². The minimum Gasteiger partial charge on any atom is -0.321 e. The van der Waals surface area contributed by atoms with E-state index in [9.17, 15) is 13.2 Å². The molecule has 0 aliphatic rings. The van der Waals surface area contributed by atoms with Crippen LogP contribution in [-0.2, 0) is 15.6 Å². The van der Waals surface area contributed by atoms with Gasteiger partial charge >= 0.3 is 0 Å². The average molecular weight is 352 g/mol. The van der Waals surface area contributed by atoms with Gasteiger partial charge in [-0.15, -0.1) is 0 Å². The van der Waals surface area contributed by atoms with Crippen molar-refractivity contribution in [3.63, 3.8) is 0 Å². The lowest BCUT2D eigenvalue weighted by Gasteiger charge is -2.11. The Balaban J connectivity index is 1.91. The van der Waals surface area contributed by atoms with E-state index in [2.05, 4.69) is 10.3 Å². The highest BCUT2D eigenvalue weighted by Gasteiger charge is 2.22. The van der Waals surface area contributed by atoms with Gasteiger partial charge in [0.1, 0.15) is 0 Å². The van der Waals surface area contributed by atoms with E-state index < -0.39 is 15.7 Å². The molecule has 3 rings (SSSR count). The molecular weight excluding hydrogens is 336 g/mol. The molecular formula is C19H16N2O3S. The zero-order chi connectivity index (χ0) is 17.7. The third-order valence-corrected chi connectivity index (χ3v) is 5.33. The van der Waals surface area contributed by atoms with Gasteiger partial charge in [0.25, 0.3) is 5.91 Å². The van der Waals surface area contributed by atoms with E-state index >= 15 is 0 Å². The minimum absolute atomic E-state index is 0.0141. The fourth-order valence-electron chi connectivity index (χ4n) is 2.43. The first-order valence-corrected chi connectivity index (χ1v) is 9.28. The maximum absolute atomic E-state index is 12.8.